The molecular weight excluding hydrogens is 132 g/mol. The molecule has 0 aliphatic heterocycles. The molecule has 0 unspecified atom stereocenters. The highest BCUT2D eigenvalue weighted by Crippen LogP contribution is 2.41. The van der Waals surface area contributed by atoms with Crippen molar-refractivity contribution < 1.29 is 0 Å². The average Bonchev–Trinajstić information content (AvgIpc) is 2.70. The maximum Gasteiger partial charge on any atom is -0.0117 e. The fourth-order valence-electron chi connectivity index (χ4n) is 1.59. The van der Waals surface area contributed by atoms with E-state index < -0.39 is 0 Å². The molecule has 2 rings (SSSR count). The molecule has 1 aromatic carbocycles. The van der Waals surface area contributed by atoms with Crippen LogP contribution in [0.4, 0.5) is 0 Å². The van der Waals surface area contributed by atoms with E-state index in [4.69, 9.17) is 0 Å². The summed E-state index contributed by atoms with van der Waals surface area (Å²) in [5.74, 6) is 0.867. The Morgan fingerprint density at radius 2 is 2.00 bits per heavy atom. The van der Waals surface area contributed by atoms with Gasteiger partial charge in [0.1, 0.15) is 0 Å². The molecule has 57 valence electrons. The average molecular weight is 145 g/mol. The molecule has 0 nitrogen and oxygen atoms in total. The lowest BCUT2D eigenvalue weighted by molar-refractivity contribution is 1.09. The van der Waals surface area contributed by atoms with Gasteiger partial charge in [0.15, 0.2) is 0 Å². The zero-order valence-corrected chi connectivity index (χ0v) is 7.15. The van der Waals surface area contributed by atoms with Crippen LogP contribution in [-0.2, 0) is 0 Å². The molecule has 1 fully saturated rings. The molecule has 1 aliphatic carbocycles. The van der Waals surface area contributed by atoms with E-state index in [1.807, 2.05) is 0 Å². The highest BCUT2D eigenvalue weighted by atomic mass is 14.3. The second kappa shape index (κ2) is 2.37. The summed E-state index contributed by atoms with van der Waals surface area (Å²) in [5, 5.41) is 0. The van der Waals surface area contributed by atoms with Crippen LogP contribution in [0.3, 0.4) is 0 Å². The summed E-state index contributed by atoms with van der Waals surface area (Å²) >= 11 is 0. The van der Waals surface area contributed by atoms with Gasteiger partial charge in [0.2, 0.25) is 0 Å². The van der Waals surface area contributed by atoms with Crippen molar-refractivity contribution >= 4 is 0 Å². The standard InChI is InChI=1S/C11H13/c1-8-3-6-11(9(2)7-8)10-4-5-10/h3,6,10H,4-5H2,1-2H3. The molecule has 0 saturated heterocycles. The highest BCUT2D eigenvalue weighted by Gasteiger charge is 2.24. The van der Waals surface area contributed by atoms with Crippen molar-refractivity contribution in [1.29, 1.82) is 0 Å². The lowest BCUT2D eigenvalue weighted by Gasteiger charge is -2.03. The van der Waals surface area contributed by atoms with Gasteiger partial charge in [-0.3, -0.25) is 0 Å². The summed E-state index contributed by atoms with van der Waals surface area (Å²) < 4.78 is 0. The second-order valence-corrected chi connectivity index (χ2v) is 3.50. The fourth-order valence-corrected chi connectivity index (χ4v) is 1.59. The minimum absolute atomic E-state index is 0.867. The molecule has 0 bridgehead atoms. The zero-order chi connectivity index (χ0) is 7.84. The normalized spacial score (nSPS) is 16.9. The zero-order valence-electron chi connectivity index (χ0n) is 7.15. The summed E-state index contributed by atoms with van der Waals surface area (Å²) in [4.78, 5) is 0. The molecule has 0 aromatic heterocycles. The topological polar surface area (TPSA) is 0 Å². The first-order chi connectivity index (χ1) is 5.27. The van der Waals surface area contributed by atoms with Gasteiger partial charge in [0, 0.05) is 0 Å². The first kappa shape index (κ1) is 6.90. The molecule has 0 heterocycles. The molecule has 0 N–H and O–H groups in total. The third-order valence-corrected chi connectivity index (χ3v) is 2.35. The van der Waals surface area contributed by atoms with Gasteiger partial charge < -0.3 is 0 Å². The van der Waals surface area contributed by atoms with E-state index in [2.05, 4.69) is 32.0 Å². The Bertz CT molecular complexity index is 269. The van der Waals surface area contributed by atoms with Gasteiger partial charge in [-0.15, -0.1) is 0 Å². The van der Waals surface area contributed by atoms with Crippen molar-refractivity contribution in [3.8, 4) is 0 Å². The molecule has 0 heteroatoms. The Balaban J connectivity index is 2.39. The van der Waals surface area contributed by atoms with E-state index in [9.17, 15) is 0 Å². The second-order valence-electron chi connectivity index (χ2n) is 3.50. The Kier molecular flexibility index (Phi) is 1.49. The van der Waals surface area contributed by atoms with Gasteiger partial charge in [-0.05, 0) is 55.4 Å². The van der Waals surface area contributed by atoms with E-state index in [-0.39, 0.29) is 0 Å². The van der Waals surface area contributed by atoms with Crippen molar-refractivity contribution in [2.75, 3.05) is 0 Å². The van der Waals surface area contributed by atoms with Crippen LogP contribution in [0.1, 0.15) is 35.4 Å². The van der Waals surface area contributed by atoms with Crippen LogP contribution < -0.4 is 0 Å². The summed E-state index contributed by atoms with van der Waals surface area (Å²) in [5.41, 5.74) is 4.13. The number of rotatable bonds is 1. The SMILES string of the molecule is Cc1[c]c(C)c(C2CC2)cc1. The quantitative estimate of drug-likeness (QED) is 0.570. The predicted octanol–water partition coefficient (Wildman–Crippen LogP) is 2.98. The maximum absolute atomic E-state index is 3.36. The third kappa shape index (κ3) is 1.30. The smallest absolute Gasteiger partial charge is 0.0117 e. The molecular formula is C11H13. The van der Waals surface area contributed by atoms with Crippen LogP contribution in [0.5, 0.6) is 0 Å². The minimum Gasteiger partial charge on any atom is -0.0584 e. The van der Waals surface area contributed by atoms with Crippen LogP contribution in [0.2, 0.25) is 0 Å². The van der Waals surface area contributed by atoms with E-state index in [1.54, 1.807) is 0 Å². The number of hydrogen-bond donors (Lipinski definition) is 0. The Hall–Kier alpha value is -0.780. The molecule has 1 aromatic rings. The first-order valence-electron chi connectivity index (χ1n) is 4.27. The molecule has 11 heavy (non-hydrogen) atoms. The molecule has 1 aliphatic rings. The van der Waals surface area contributed by atoms with E-state index in [0.29, 0.717) is 0 Å². The Labute approximate surface area is 68.3 Å². The lowest BCUT2D eigenvalue weighted by atomic mass is 10.0. The first-order valence-corrected chi connectivity index (χ1v) is 4.27. The van der Waals surface area contributed by atoms with Gasteiger partial charge >= 0.3 is 0 Å². The Morgan fingerprint density at radius 1 is 1.27 bits per heavy atom. The van der Waals surface area contributed by atoms with E-state index in [1.165, 1.54) is 29.5 Å². The molecule has 0 atom stereocenters. The summed E-state index contributed by atoms with van der Waals surface area (Å²) in [6.45, 7) is 4.27. The van der Waals surface area contributed by atoms with Gasteiger partial charge in [-0.2, -0.15) is 0 Å². The molecule has 0 spiro atoms. The van der Waals surface area contributed by atoms with Crippen LogP contribution in [0.25, 0.3) is 0 Å². The van der Waals surface area contributed by atoms with Gasteiger partial charge in [0.25, 0.3) is 0 Å². The third-order valence-electron chi connectivity index (χ3n) is 2.35. The van der Waals surface area contributed by atoms with Crippen molar-refractivity contribution in [3.05, 3.63) is 34.9 Å². The number of benzene rings is 1. The van der Waals surface area contributed by atoms with Gasteiger partial charge in [-0.25, -0.2) is 0 Å². The maximum atomic E-state index is 3.36. The monoisotopic (exact) mass is 145 g/mol. The van der Waals surface area contributed by atoms with Crippen LogP contribution >= 0.6 is 0 Å². The van der Waals surface area contributed by atoms with Crippen molar-refractivity contribution in [1.82, 2.24) is 0 Å². The number of hydrogen-bond acceptors (Lipinski definition) is 0. The molecule has 0 amide bonds. The van der Waals surface area contributed by atoms with Crippen LogP contribution in [-0.4, -0.2) is 0 Å². The van der Waals surface area contributed by atoms with E-state index >= 15 is 0 Å². The van der Waals surface area contributed by atoms with Crippen molar-refractivity contribution in [3.63, 3.8) is 0 Å². The van der Waals surface area contributed by atoms with Gasteiger partial charge in [-0.1, -0.05) is 12.1 Å². The summed E-state index contributed by atoms with van der Waals surface area (Å²) in [6, 6.07) is 7.79. The lowest BCUT2D eigenvalue weighted by Crippen LogP contribution is -1.86. The van der Waals surface area contributed by atoms with Crippen LogP contribution in [0, 0.1) is 19.9 Å². The van der Waals surface area contributed by atoms with Crippen LogP contribution in [0.15, 0.2) is 12.1 Å². The van der Waals surface area contributed by atoms with Crippen molar-refractivity contribution in [2.45, 2.75) is 32.6 Å². The highest BCUT2D eigenvalue weighted by molar-refractivity contribution is 5.34. The minimum atomic E-state index is 0.867. The van der Waals surface area contributed by atoms with E-state index in [0.717, 1.165) is 5.92 Å². The largest absolute Gasteiger partial charge is 0.0584 e. The predicted molar refractivity (Wildman–Crippen MR) is 46.7 cm³/mol. The van der Waals surface area contributed by atoms with Crippen molar-refractivity contribution in [2.24, 2.45) is 0 Å². The molecule has 1 saturated carbocycles. The molecule has 1 radical (unpaired) electrons. The summed E-state index contributed by atoms with van der Waals surface area (Å²) in [6.07, 6.45) is 2.77. The number of aryl methyl sites for hydroxylation is 2. The fraction of sp³-hybridized carbons (Fsp3) is 0.455. The Morgan fingerprint density at radius 3 is 2.55 bits per heavy atom. The summed E-state index contributed by atoms with van der Waals surface area (Å²) in [7, 11) is 0. The van der Waals surface area contributed by atoms with Gasteiger partial charge in [0.05, 0.1) is 0 Å².